The summed E-state index contributed by atoms with van der Waals surface area (Å²) >= 11 is 3.41. The number of halogens is 1. The summed E-state index contributed by atoms with van der Waals surface area (Å²) in [5.74, 6) is -0.125. The molecule has 0 aliphatic carbocycles. The number of ether oxygens (including phenoxy) is 1. The summed E-state index contributed by atoms with van der Waals surface area (Å²) in [6.07, 6.45) is 1.40. The molecule has 0 saturated heterocycles. The van der Waals surface area contributed by atoms with Gasteiger partial charge in [0, 0.05) is 17.8 Å². The van der Waals surface area contributed by atoms with Crippen LogP contribution in [0, 0.1) is 11.3 Å². The molecule has 0 bridgehead atoms. The molecule has 4 rings (SSSR count). The van der Waals surface area contributed by atoms with Crippen LogP contribution in [-0.4, -0.2) is 20.7 Å². The summed E-state index contributed by atoms with van der Waals surface area (Å²) in [5.41, 5.74) is 1.80. The van der Waals surface area contributed by atoms with E-state index in [0.29, 0.717) is 28.5 Å². The molecular formula is C21H13BrN4O2. The maximum absolute atomic E-state index is 12.8. The molecule has 0 amide bonds. The number of imidazole rings is 1. The number of Topliss-reactive ketones (excluding diaryl/α,β-unsaturated/α-hetero) is 1. The third kappa shape index (κ3) is 3.50. The molecular weight excluding hydrogens is 420 g/mol. The minimum absolute atomic E-state index is 0.312. The number of hydrogen-bond donors (Lipinski definition) is 1. The average Bonchev–Trinajstić information content (AvgIpc) is 3.14. The van der Waals surface area contributed by atoms with Gasteiger partial charge >= 0.3 is 0 Å². The van der Waals surface area contributed by atoms with Crippen molar-refractivity contribution >= 4 is 32.7 Å². The largest absolute Gasteiger partial charge is 0.438 e. The number of H-pyrrole nitrogens is 1. The maximum Gasteiger partial charge on any atom is 0.219 e. The molecule has 28 heavy (non-hydrogen) atoms. The molecule has 0 radical (unpaired) electrons. The van der Waals surface area contributed by atoms with Gasteiger partial charge in [0.05, 0.1) is 21.6 Å². The Kier molecular flexibility index (Phi) is 4.87. The predicted molar refractivity (Wildman–Crippen MR) is 107 cm³/mol. The number of nitrogens with zero attached hydrogens (tertiary/aromatic N) is 3. The van der Waals surface area contributed by atoms with Gasteiger partial charge in [-0.05, 0) is 46.3 Å². The Labute approximate surface area is 169 Å². The van der Waals surface area contributed by atoms with Crippen LogP contribution in [0.25, 0.3) is 11.0 Å². The Morgan fingerprint density at radius 1 is 1.11 bits per heavy atom. The van der Waals surface area contributed by atoms with Crippen molar-refractivity contribution in [3.8, 4) is 17.7 Å². The molecule has 2 aromatic carbocycles. The van der Waals surface area contributed by atoms with Gasteiger partial charge in [-0.1, -0.05) is 24.3 Å². The molecule has 0 spiro atoms. The van der Waals surface area contributed by atoms with Crippen LogP contribution in [0.3, 0.4) is 0 Å². The van der Waals surface area contributed by atoms with Crippen LogP contribution >= 0.6 is 15.9 Å². The molecule has 4 aromatic rings. The molecule has 0 aliphatic rings. The highest BCUT2D eigenvalue weighted by Crippen LogP contribution is 2.28. The number of rotatable bonds is 5. The minimum atomic E-state index is -1.04. The second-order valence-electron chi connectivity index (χ2n) is 5.98. The van der Waals surface area contributed by atoms with E-state index in [9.17, 15) is 10.1 Å². The predicted octanol–water partition coefficient (Wildman–Crippen LogP) is 5.00. The van der Waals surface area contributed by atoms with E-state index in [1.807, 2.05) is 48.5 Å². The number of carbonyl (C=O) groups is 1. The van der Waals surface area contributed by atoms with Crippen molar-refractivity contribution in [3.05, 3.63) is 82.7 Å². The van der Waals surface area contributed by atoms with E-state index in [0.717, 1.165) is 9.99 Å². The lowest BCUT2D eigenvalue weighted by Crippen LogP contribution is -2.13. The van der Waals surface area contributed by atoms with Crippen LogP contribution < -0.4 is 4.74 Å². The standard InChI is InChI=1S/C21H13BrN4O2/c22-15-5-1-4-8-18(15)28-19-10-9-13(12-24-19)20(27)14(11-23)21-25-16-6-2-3-7-17(16)26-21/h1-10,12,14H,(H,25,26)/t14-/m0/s1. The number of pyridine rings is 1. The Morgan fingerprint density at radius 2 is 1.89 bits per heavy atom. The SMILES string of the molecule is N#C[C@@H](C(=O)c1ccc(Oc2ccccc2Br)nc1)c1nc2ccccc2[nH]1. The van der Waals surface area contributed by atoms with Gasteiger partial charge in [0.15, 0.2) is 11.7 Å². The first kappa shape index (κ1) is 17.9. The number of carbonyl (C=O) groups excluding carboxylic acids is 1. The lowest BCUT2D eigenvalue weighted by Gasteiger charge is -2.08. The number of hydrogen-bond acceptors (Lipinski definition) is 5. The lowest BCUT2D eigenvalue weighted by atomic mass is 9.99. The number of para-hydroxylation sites is 3. The minimum Gasteiger partial charge on any atom is -0.438 e. The van der Waals surface area contributed by atoms with E-state index < -0.39 is 5.92 Å². The first-order valence-corrected chi connectivity index (χ1v) is 9.22. The van der Waals surface area contributed by atoms with Crippen LogP contribution in [0.1, 0.15) is 22.1 Å². The smallest absolute Gasteiger partial charge is 0.219 e. The van der Waals surface area contributed by atoms with Crippen molar-refractivity contribution < 1.29 is 9.53 Å². The van der Waals surface area contributed by atoms with Crippen molar-refractivity contribution in [1.82, 2.24) is 15.0 Å². The summed E-state index contributed by atoms with van der Waals surface area (Å²) in [6, 6.07) is 20.0. The van der Waals surface area contributed by atoms with Crippen molar-refractivity contribution in [2.24, 2.45) is 0 Å². The molecule has 0 unspecified atom stereocenters. The van der Waals surface area contributed by atoms with E-state index in [1.165, 1.54) is 6.20 Å². The molecule has 2 aromatic heterocycles. The normalized spacial score (nSPS) is 11.7. The second kappa shape index (κ2) is 7.62. The average molecular weight is 433 g/mol. The van der Waals surface area contributed by atoms with Gasteiger partial charge in [0.25, 0.3) is 0 Å². The van der Waals surface area contributed by atoms with Crippen LogP contribution in [0.15, 0.2) is 71.3 Å². The highest BCUT2D eigenvalue weighted by molar-refractivity contribution is 9.10. The number of nitrogens with one attached hydrogen (secondary N) is 1. The third-order valence-corrected chi connectivity index (χ3v) is 4.80. The van der Waals surface area contributed by atoms with Crippen LogP contribution in [0.2, 0.25) is 0 Å². The van der Waals surface area contributed by atoms with Gasteiger partial charge in [-0.25, -0.2) is 9.97 Å². The fourth-order valence-corrected chi connectivity index (χ4v) is 3.11. The van der Waals surface area contributed by atoms with E-state index >= 15 is 0 Å². The van der Waals surface area contributed by atoms with E-state index in [4.69, 9.17) is 4.74 Å². The zero-order valence-corrected chi connectivity index (χ0v) is 16.1. The van der Waals surface area contributed by atoms with Gasteiger partial charge in [0.2, 0.25) is 5.88 Å². The molecule has 0 aliphatic heterocycles. The monoisotopic (exact) mass is 432 g/mol. The lowest BCUT2D eigenvalue weighted by molar-refractivity contribution is 0.0976. The van der Waals surface area contributed by atoms with E-state index in [2.05, 4.69) is 30.9 Å². The van der Waals surface area contributed by atoms with Crippen LogP contribution in [0.5, 0.6) is 11.6 Å². The maximum atomic E-state index is 12.8. The first-order chi connectivity index (χ1) is 13.7. The molecule has 1 N–H and O–H groups in total. The number of fused-ring (bicyclic) bond motifs is 1. The van der Waals surface area contributed by atoms with Gasteiger partial charge in [0.1, 0.15) is 11.6 Å². The zero-order chi connectivity index (χ0) is 19.5. The summed E-state index contributed by atoms with van der Waals surface area (Å²) in [5, 5.41) is 9.54. The van der Waals surface area contributed by atoms with Crippen molar-refractivity contribution in [1.29, 1.82) is 5.26 Å². The highest BCUT2D eigenvalue weighted by Gasteiger charge is 2.25. The van der Waals surface area contributed by atoms with E-state index in [1.54, 1.807) is 18.2 Å². The summed E-state index contributed by atoms with van der Waals surface area (Å²) in [4.78, 5) is 24.4. The Bertz CT molecular complexity index is 1160. The Hall–Kier alpha value is -3.50. The molecule has 136 valence electrons. The van der Waals surface area contributed by atoms with Crippen LogP contribution in [0.4, 0.5) is 0 Å². The number of aromatic amines is 1. The highest BCUT2D eigenvalue weighted by atomic mass is 79.9. The third-order valence-electron chi connectivity index (χ3n) is 4.14. The van der Waals surface area contributed by atoms with Gasteiger partial charge < -0.3 is 9.72 Å². The number of benzene rings is 2. The Morgan fingerprint density at radius 3 is 2.61 bits per heavy atom. The molecule has 1 atom stereocenters. The van der Waals surface area contributed by atoms with E-state index in [-0.39, 0.29) is 5.78 Å². The van der Waals surface area contributed by atoms with Crippen molar-refractivity contribution in [2.75, 3.05) is 0 Å². The van der Waals surface area contributed by atoms with Gasteiger partial charge in [-0.15, -0.1) is 0 Å². The summed E-state index contributed by atoms with van der Waals surface area (Å²) < 4.78 is 6.50. The molecule has 2 heterocycles. The molecule has 6 nitrogen and oxygen atoms in total. The number of aromatic nitrogens is 3. The molecule has 0 saturated carbocycles. The van der Waals surface area contributed by atoms with Gasteiger partial charge in [-0.2, -0.15) is 5.26 Å². The topological polar surface area (TPSA) is 91.7 Å². The Balaban J connectivity index is 1.56. The zero-order valence-electron chi connectivity index (χ0n) is 14.5. The number of ketones is 1. The van der Waals surface area contributed by atoms with Crippen molar-refractivity contribution in [2.45, 2.75) is 5.92 Å². The first-order valence-electron chi connectivity index (χ1n) is 8.42. The quantitative estimate of drug-likeness (QED) is 0.447. The van der Waals surface area contributed by atoms with Gasteiger partial charge in [-0.3, -0.25) is 4.79 Å². The molecule has 0 fully saturated rings. The van der Waals surface area contributed by atoms with Crippen LogP contribution in [-0.2, 0) is 0 Å². The number of nitriles is 1. The summed E-state index contributed by atoms with van der Waals surface area (Å²) in [7, 11) is 0. The van der Waals surface area contributed by atoms with Crippen molar-refractivity contribution in [3.63, 3.8) is 0 Å². The second-order valence-corrected chi connectivity index (χ2v) is 6.84. The summed E-state index contributed by atoms with van der Waals surface area (Å²) in [6.45, 7) is 0. The fraction of sp³-hybridized carbons (Fsp3) is 0.0476. The fourth-order valence-electron chi connectivity index (χ4n) is 2.75. The molecule has 7 heteroatoms.